The number of benzene rings is 2. The summed E-state index contributed by atoms with van der Waals surface area (Å²) in [5.41, 5.74) is 7.90. The van der Waals surface area contributed by atoms with E-state index in [9.17, 15) is 4.79 Å². The fourth-order valence-electron chi connectivity index (χ4n) is 5.12. The number of ether oxygens (including phenoxy) is 2. The molecular weight excluding hydrogens is 400 g/mol. The first-order chi connectivity index (χ1) is 15.4. The van der Waals surface area contributed by atoms with E-state index in [0.29, 0.717) is 12.3 Å². The summed E-state index contributed by atoms with van der Waals surface area (Å²) in [5, 5.41) is 0. The Morgan fingerprint density at radius 3 is 2.41 bits per heavy atom. The predicted octanol–water partition coefficient (Wildman–Crippen LogP) is 3.91. The Morgan fingerprint density at radius 2 is 1.69 bits per heavy atom. The maximum Gasteiger partial charge on any atom is 0.227 e. The Balaban J connectivity index is 1.27. The van der Waals surface area contributed by atoms with Crippen LogP contribution in [0.15, 0.2) is 24.3 Å². The Morgan fingerprint density at radius 1 is 1.00 bits per heavy atom. The first kappa shape index (κ1) is 22.7. The maximum absolute atomic E-state index is 12.8. The number of aryl methyl sites for hydroxylation is 2. The van der Waals surface area contributed by atoms with Gasteiger partial charge < -0.3 is 19.3 Å². The van der Waals surface area contributed by atoms with E-state index in [0.717, 1.165) is 56.9 Å². The summed E-state index contributed by atoms with van der Waals surface area (Å²) in [4.78, 5) is 17.3. The molecule has 1 aliphatic carbocycles. The van der Waals surface area contributed by atoms with Crippen molar-refractivity contribution < 1.29 is 14.3 Å². The Kier molecular flexibility index (Phi) is 6.75. The molecular formula is C27H36N2O3. The van der Waals surface area contributed by atoms with Crippen LogP contribution in [-0.2, 0) is 24.1 Å². The number of carbonyl (C=O) groups excluding carboxylic acids is 1. The number of likely N-dealkylation sites (N-methyl/N-ethyl adjacent to an activating group) is 1. The van der Waals surface area contributed by atoms with Gasteiger partial charge in [0.15, 0.2) is 11.5 Å². The molecule has 5 nitrogen and oxygen atoms in total. The van der Waals surface area contributed by atoms with Gasteiger partial charge in [0, 0.05) is 25.6 Å². The van der Waals surface area contributed by atoms with Crippen molar-refractivity contribution in [2.45, 2.75) is 45.4 Å². The van der Waals surface area contributed by atoms with Gasteiger partial charge in [-0.2, -0.15) is 0 Å². The number of hydrogen-bond donors (Lipinski definition) is 0. The van der Waals surface area contributed by atoms with Crippen molar-refractivity contribution in [1.82, 2.24) is 9.80 Å². The van der Waals surface area contributed by atoms with Crippen LogP contribution in [0.4, 0.5) is 0 Å². The average Bonchev–Trinajstić information content (AvgIpc) is 2.90. The summed E-state index contributed by atoms with van der Waals surface area (Å²) < 4.78 is 10.9. The molecule has 172 valence electrons. The molecule has 4 rings (SSSR count). The van der Waals surface area contributed by atoms with Crippen molar-refractivity contribution in [2.24, 2.45) is 0 Å². The molecule has 0 N–H and O–H groups in total. The van der Waals surface area contributed by atoms with Crippen LogP contribution in [0.5, 0.6) is 11.5 Å². The lowest BCUT2D eigenvalue weighted by atomic mass is 9.77. The summed E-state index contributed by atoms with van der Waals surface area (Å²) in [5.74, 6) is 2.43. The summed E-state index contributed by atoms with van der Waals surface area (Å²) in [6, 6.07) is 8.72. The van der Waals surface area contributed by atoms with E-state index in [1.807, 2.05) is 0 Å². The van der Waals surface area contributed by atoms with Gasteiger partial charge in [0.05, 0.1) is 20.6 Å². The lowest BCUT2D eigenvalue weighted by Gasteiger charge is -2.34. The predicted molar refractivity (Wildman–Crippen MR) is 128 cm³/mol. The van der Waals surface area contributed by atoms with Crippen LogP contribution < -0.4 is 9.47 Å². The Hall–Kier alpha value is -2.53. The fourth-order valence-corrected chi connectivity index (χ4v) is 5.12. The van der Waals surface area contributed by atoms with E-state index in [1.54, 1.807) is 14.2 Å². The van der Waals surface area contributed by atoms with Gasteiger partial charge in [-0.15, -0.1) is 0 Å². The van der Waals surface area contributed by atoms with Crippen molar-refractivity contribution in [2.75, 3.05) is 47.4 Å². The van der Waals surface area contributed by atoms with Crippen LogP contribution in [0, 0.1) is 13.8 Å². The van der Waals surface area contributed by atoms with E-state index in [1.165, 1.54) is 33.4 Å². The first-order valence-corrected chi connectivity index (χ1v) is 11.7. The van der Waals surface area contributed by atoms with Crippen molar-refractivity contribution in [3.8, 4) is 11.5 Å². The monoisotopic (exact) mass is 436 g/mol. The molecule has 2 aliphatic rings. The highest BCUT2D eigenvalue weighted by atomic mass is 16.5. The van der Waals surface area contributed by atoms with Gasteiger partial charge in [0.25, 0.3) is 0 Å². The summed E-state index contributed by atoms with van der Waals surface area (Å²) >= 11 is 0. The molecule has 32 heavy (non-hydrogen) atoms. The van der Waals surface area contributed by atoms with Gasteiger partial charge in [-0.1, -0.05) is 12.1 Å². The van der Waals surface area contributed by atoms with Gasteiger partial charge in [-0.05, 0) is 92.2 Å². The number of fused-ring (bicyclic) bond motifs is 2. The second-order valence-corrected chi connectivity index (χ2v) is 9.44. The van der Waals surface area contributed by atoms with E-state index in [-0.39, 0.29) is 5.91 Å². The minimum absolute atomic E-state index is 0.267. The molecule has 2 aromatic carbocycles. The molecule has 1 aliphatic heterocycles. The fraction of sp³-hybridized carbons (Fsp3) is 0.519. The molecule has 0 unspecified atom stereocenters. The number of hydrogen-bond acceptors (Lipinski definition) is 4. The van der Waals surface area contributed by atoms with Gasteiger partial charge in [-0.25, -0.2) is 0 Å². The molecule has 1 atom stereocenters. The number of carbonyl (C=O) groups is 1. The molecule has 0 radical (unpaired) electrons. The van der Waals surface area contributed by atoms with Gasteiger partial charge in [0.2, 0.25) is 5.91 Å². The molecule has 0 bridgehead atoms. The van der Waals surface area contributed by atoms with Crippen LogP contribution in [0.25, 0.3) is 0 Å². The lowest BCUT2D eigenvalue weighted by molar-refractivity contribution is -0.130. The number of nitrogens with zero attached hydrogens (tertiary/aromatic N) is 2. The molecule has 0 saturated carbocycles. The summed E-state index contributed by atoms with van der Waals surface area (Å²) in [6.07, 6.45) is 3.59. The Labute approximate surface area is 192 Å². The smallest absolute Gasteiger partial charge is 0.227 e. The average molecular weight is 437 g/mol. The van der Waals surface area contributed by atoms with Crippen LogP contribution in [-0.4, -0.2) is 63.2 Å². The SMILES string of the molecule is COc1cc2c(cc1OC)[C@@H](CN(C)CCCN1CCc3cc(C)c(C)cc3CC1=O)C2. The zero-order chi connectivity index (χ0) is 22.8. The van der Waals surface area contributed by atoms with E-state index in [4.69, 9.17) is 9.47 Å². The highest BCUT2D eigenvalue weighted by Gasteiger charge is 2.29. The third-order valence-corrected chi connectivity index (χ3v) is 7.21. The summed E-state index contributed by atoms with van der Waals surface area (Å²) in [6.45, 7) is 7.97. The molecule has 0 saturated heterocycles. The number of rotatable bonds is 8. The van der Waals surface area contributed by atoms with Gasteiger partial charge >= 0.3 is 0 Å². The molecule has 2 aromatic rings. The Bertz CT molecular complexity index is 1000. The normalized spacial score (nSPS) is 17.5. The quantitative estimate of drug-likeness (QED) is 0.629. The number of methoxy groups -OCH3 is 2. The van der Waals surface area contributed by atoms with Crippen molar-refractivity contribution >= 4 is 5.91 Å². The first-order valence-electron chi connectivity index (χ1n) is 11.7. The van der Waals surface area contributed by atoms with Crippen molar-refractivity contribution in [3.05, 3.63) is 57.6 Å². The largest absolute Gasteiger partial charge is 0.493 e. The molecule has 0 spiro atoms. The van der Waals surface area contributed by atoms with Crippen molar-refractivity contribution in [3.63, 3.8) is 0 Å². The lowest BCUT2D eigenvalue weighted by Crippen LogP contribution is -2.36. The second-order valence-electron chi connectivity index (χ2n) is 9.44. The van der Waals surface area contributed by atoms with Crippen LogP contribution in [0.1, 0.15) is 45.7 Å². The summed E-state index contributed by atoms with van der Waals surface area (Å²) in [7, 11) is 5.56. The topological polar surface area (TPSA) is 42.0 Å². The molecule has 0 aromatic heterocycles. The molecule has 0 fully saturated rings. The second kappa shape index (κ2) is 9.53. The van der Waals surface area contributed by atoms with E-state index in [2.05, 4.69) is 55.0 Å². The highest BCUT2D eigenvalue weighted by molar-refractivity contribution is 5.80. The third-order valence-electron chi connectivity index (χ3n) is 7.21. The molecule has 5 heteroatoms. The highest BCUT2D eigenvalue weighted by Crippen LogP contribution is 2.42. The van der Waals surface area contributed by atoms with Crippen LogP contribution in [0.2, 0.25) is 0 Å². The van der Waals surface area contributed by atoms with Crippen molar-refractivity contribution in [1.29, 1.82) is 0 Å². The third kappa shape index (κ3) is 4.63. The minimum atomic E-state index is 0.267. The van der Waals surface area contributed by atoms with Crippen LogP contribution >= 0.6 is 0 Å². The zero-order valence-corrected chi connectivity index (χ0v) is 20.2. The zero-order valence-electron chi connectivity index (χ0n) is 20.2. The minimum Gasteiger partial charge on any atom is -0.493 e. The van der Waals surface area contributed by atoms with Gasteiger partial charge in [-0.3, -0.25) is 4.79 Å². The van der Waals surface area contributed by atoms with Crippen LogP contribution in [0.3, 0.4) is 0 Å². The molecule has 1 amide bonds. The number of amides is 1. The standard InChI is InChI=1S/C27H36N2O3/c1-18-11-20-7-10-29(27(30)15-21(20)12-19(18)2)9-6-8-28(3)17-23-13-22-14-25(31-4)26(32-5)16-24(22)23/h11-12,14,16,23H,6-10,13,15,17H2,1-5H3/t23-/m1/s1. The molecule has 1 heterocycles. The van der Waals surface area contributed by atoms with Gasteiger partial charge in [0.1, 0.15) is 0 Å². The maximum atomic E-state index is 12.8. The van der Waals surface area contributed by atoms with E-state index < -0.39 is 0 Å². The van der Waals surface area contributed by atoms with E-state index >= 15 is 0 Å².